The quantitative estimate of drug-likeness (QED) is 0.0548. The van der Waals surface area contributed by atoms with E-state index in [1.807, 2.05) is 0 Å². The molecule has 0 radical (unpaired) electrons. The maximum atomic E-state index is 13.9. The van der Waals surface area contributed by atoms with Crippen molar-refractivity contribution in [3.8, 4) is 0 Å². The summed E-state index contributed by atoms with van der Waals surface area (Å²) in [7, 11) is 0.932. The van der Waals surface area contributed by atoms with E-state index in [0.717, 1.165) is 7.11 Å². The third kappa shape index (κ3) is 16.5. The number of esters is 6. The van der Waals surface area contributed by atoms with Crippen LogP contribution in [0.3, 0.4) is 0 Å². The van der Waals surface area contributed by atoms with Crippen molar-refractivity contribution in [1.82, 2.24) is 0 Å². The van der Waals surface area contributed by atoms with Crippen LogP contribution >= 0.6 is 0 Å². The molecule has 3 aliphatic rings. The largest absolute Gasteiger partial charge is 0.458 e. The summed E-state index contributed by atoms with van der Waals surface area (Å²) in [5.41, 5.74) is -11.1. The van der Waals surface area contributed by atoms with Crippen molar-refractivity contribution in [2.75, 3.05) is 13.7 Å². The van der Waals surface area contributed by atoms with Crippen LogP contribution in [0.25, 0.3) is 0 Å². The van der Waals surface area contributed by atoms with Crippen molar-refractivity contribution in [2.45, 2.75) is 195 Å². The fourth-order valence-corrected chi connectivity index (χ4v) is 7.69. The lowest BCUT2D eigenvalue weighted by Crippen LogP contribution is -2.72. The van der Waals surface area contributed by atoms with Crippen molar-refractivity contribution in [2.24, 2.45) is 45.8 Å². The van der Waals surface area contributed by atoms with Crippen LogP contribution in [0, 0.1) is 45.8 Å². The van der Waals surface area contributed by atoms with Crippen LogP contribution < -0.4 is 0 Å². The zero-order valence-corrected chi connectivity index (χ0v) is 44.3. The monoisotopic (exact) mass is 1180 g/mol. The number of hydrogen-bond donors (Lipinski definition) is 0. The minimum Gasteiger partial charge on any atom is -0.458 e. The first-order valence-corrected chi connectivity index (χ1v) is 23.4. The number of carbonyl (C=O) groups excluding carboxylic acids is 6. The van der Waals surface area contributed by atoms with Crippen LogP contribution in [0.2, 0.25) is 0 Å². The van der Waals surface area contributed by atoms with E-state index >= 15 is 0 Å². The lowest BCUT2D eigenvalue weighted by Gasteiger charge is -2.48. The van der Waals surface area contributed by atoms with Gasteiger partial charge < -0.3 is 37.9 Å². The lowest BCUT2D eigenvalue weighted by molar-refractivity contribution is -0.445. The fourth-order valence-electron chi connectivity index (χ4n) is 7.69. The van der Waals surface area contributed by atoms with Gasteiger partial charge in [0.15, 0.2) is 18.5 Å². The van der Waals surface area contributed by atoms with Gasteiger partial charge in [-0.15, -0.1) is 0 Å². The van der Waals surface area contributed by atoms with Gasteiger partial charge >= 0.3 is 78.5 Å². The number of halogens is 18. The molecule has 456 valence electrons. The maximum Gasteiger partial charge on any atom is 0.434 e. The first-order chi connectivity index (χ1) is 34.6. The number of alkyl halides is 18. The summed E-state index contributed by atoms with van der Waals surface area (Å²) in [6.45, 7) is 16.1. The van der Waals surface area contributed by atoms with Gasteiger partial charge in [-0.1, -0.05) is 34.6 Å². The maximum absolute atomic E-state index is 13.9. The molecule has 7 atom stereocenters. The molecule has 1 saturated heterocycles. The molecule has 78 heavy (non-hydrogen) atoms. The van der Waals surface area contributed by atoms with Gasteiger partial charge in [0.05, 0.1) is 28.1 Å². The molecule has 3 fully saturated rings. The van der Waals surface area contributed by atoms with Crippen molar-refractivity contribution in [1.29, 1.82) is 0 Å². The fraction of sp³-hybridized carbons (Fsp3) is 0.870. The van der Waals surface area contributed by atoms with Crippen LogP contribution in [0.4, 0.5) is 79.0 Å². The number of hydrogen-bond acceptors (Lipinski definition) is 14. The van der Waals surface area contributed by atoms with Crippen LogP contribution in [0.1, 0.15) is 116 Å². The molecule has 0 amide bonds. The molecule has 2 bridgehead atoms. The van der Waals surface area contributed by atoms with Gasteiger partial charge in [0.25, 0.3) is 12.2 Å². The molecule has 1 heterocycles. The minimum absolute atomic E-state index is 0.0913. The van der Waals surface area contributed by atoms with Crippen molar-refractivity contribution in [3.63, 3.8) is 0 Å². The Hall–Kier alpha value is -4.52. The number of carbonyl (C=O) groups is 6. The molecule has 0 aromatic rings. The van der Waals surface area contributed by atoms with Gasteiger partial charge in [0.1, 0.15) is 12.2 Å². The smallest absolute Gasteiger partial charge is 0.434 e. The van der Waals surface area contributed by atoms with Crippen molar-refractivity contribution in [3.05, 3.63) is 0 Å². The molecule has 7 unspecified atom stereocenters. The predicted molar refractivity (Wildman–Crippen MR) is 227 cm³/mol. The first kappa shape index (κ1) is 71.5. The van der Waals surface area contributed by atoms with Crippen molar-refractivity contribution < 1.29 is 146 Å². The molecule has 2 saturated carbocycles. The highest BCUT2D eigenvalue weighted by molar-refractivity contribution is 5.86. The molecule has 1 aliphatic heterocycles. The SMILES string of the molecule is CCC(C)(C)C(=O)OC(C)(C)C(OC(OC)C(C)C)(C(F)(F)F)C(F)(F)F.CCC(C)(C)C(=O)OC1C2CC3C1OC(=O)C3C2C(=O)OC(C(F)(F)F)C(F)(F)F.CCC(C)(C)C(=O)OCC(=O)OC(C(F)(F)F)C(F)(F)F. The number of fused-ring (bicyclic) bond motifs is 1. The summed E-state index contributed by atoms with van der Waals surface area (Å²) >= 11 is 0. The summed E-state index contributed by atoms with van der Waals surface area (Å²) in [5, 5.41) is 0. The molecule has 14 nitrogen and oxygen atoms in total. The minimum atomic E-state index is -5.95. The summed E-state index contributed by atoms with van der Waals surface area (Å²) < 4.78 is 269. The van der Waals surface area contributed by atoms with E-state index in [9.17, 15) is 108 Å². The second-order valence-corrected chi connectivity index (χ2v) is 21.1. The molecular formula is C46H62F18O14. The Labute approximate surface area is 435 Å². The molecule has 0 aromatic carbocycles. The van der Waals surface area contributed by atoms with E-state index in [2.05, 4.69) is 23.7 Å². The Morgan fingerprint density at radius 1 is 0.590 bits per heavy atom. The third-order valence-electron chi connectivity index (χ3n) is 13.4. The lowest BCUT2D eigenvalue weighted by atomic mass is 9.78. The Balaban J connectivity index is 0.000000596. The summed E-state index contributed by atoms with van der Waals surface area (Å²) in [4.78, 5) is 71.6. The van der Waals surface area contributed by atoms with Gasteiger partial charge in [0, 0.05) is 24.9 Å². The molecule has 0 N–H and O–H groups in total. The predicted octanol–water partition coefficient (Wildman–Crippen LogP) is 11.4. The van der Waals surface area contributed by atoms with Gasteiger partial charge in [0.2, 0.25) is 0 Å². The second kappa shape index (κ2) is 24.7. The molecule has 32 heteroatoms. The standard InChI is InChI=1S/C18H20F6O6.C17H28F6O4.C11H14F6O4/c1-4-16(2,3)15(27)29-11-7-5-6-8(12(25)28-10(6)11)9(7)13(26)30-14(17(19,20)21)18(22,23)24;1-9-13(4,5)12(24)27-14(6,7)15(16(18,19)20,17(21,22)23)26-11(25-8)10(2)3;1-4-9(2,3)8(19)20-5-6(18)21-7(10(12,13)14)11(15,16)17/h6-11,14H,4-5H2,1-3H3;10-11H,9H2,1-8H3;7H,4-5H2,1-3H3. The van der Waals surface area contributed by atoms with E-state index in [-0.39, 0.29) is 12.8 Å². The highest BCUT2D eigenvalue weighted by Gasteiger charge is 2.81. The molecule has 0 spiro atoms. The van der Waals surface area contributed by atoms with Crippen LogP contribution in [0.5, 0.6) is 0 Å². The number of ether oxygens (including phenoxy) is 8. The van der Waals surface area contributed by atoms with Crippen LogP contribution in [-0.2, 0) is 66.7 Å². The molecular weight excluding hydrogens is 1120 g/mol. The topological polar surface area (TPSA) is 176 Å². The number of methoxy groups -OCH3 is 1. The number of rotatable bonds is 18. The van der Waals surface area contributed by atoms with Crippen LogP contribution in [-0.4, -0.2) is 128 Å². The highest BCUT2D eigenvalue weighted by atomic mass is 19.4. The Bertz CT molecular complexity index is 2050. The molecule has 3 rings (SSSR count). The van der Waals surface area contributed by atoms with E-state index in [0.29, 0.717) is 26.7 Å². The summed E-state index contributed by atoms with van der Waals surface area (Å²) in [5.74, 6) is -12.7. The van der Waals surface area contributed by atoms with E-state index < -0.39 is 167 Å². The Morgan fingerprint density at radius 2 is 0.987 bits per heavy atom. The van der Waals surface area contributed by atoms with Gasteiger partial charge in [-0.2, -0.15) is 79.0 Å². The molecule has 2 aliphatic carbocycles. The van der Waals surface area contributed by atoms with Gasteiger partial charge in [-0.25, -0.2) is 4.79 Å². The van der Waals surface area contributed by atoms with Gasteiger partial charge in [-0.05, 0) is 81.1 Å². The second-order valence-electron chi connectivity index (χ2n) is 21.1. The highest BCUT2D eigenvalue weighted by Crippen LogP contribution is 2.60. The van der Waals surface area contributed by atoms with Crippen molar-refractivity contribution >= 4 is 35.8 Å². The Kier molecular flexibility index (Phi) is 22.6. The average molecular weight is 1180 g/mol. The van der Waals surface area contributed by atoms with Gasteiger partial charge in [-0.3, -0.25) is 24.0 Å². The summed E-state index contributed by atoms with van der Waals surface area (Å²) in [6.07, 6.45) is -46.7. The Morgan fingerprint density at radius 3 is 1.36 bits per heavy atom. The first-order valence-electron chi connectivity index (χ1n) is 23.4. The third-order valence-corrected chi connectivity index (χ3v) is 13.4. The van der Waals surface area contributed by atoms with E-state index in [4.69, 9.17) is 14.2 Å². The summed E-state index contributed by atoms with van der Waals surface area (Å²) in [6, 6.07) is 0. The zero-order valence-electron chi connectivity index (χ0n) is 44.3. The zero-order chi connectivity index (χ0) is 61.9. The van der Waals surface area contributed by atoms with Crippen LogP contribution in [0.15, 0.2) is 0 Å². The average Bonchev–Trinajstić information content (AvgIpc) is 3.88. The van der Waals surface area contributed by atoms with E-state index in [1.165, 1.54) is 41.5 Å². The van der Waals surface area contributed by atoms with E-state index in [1.54, 1.807) is 34.6 Å². The normalized spacial score (nSPS) is 21.8. The molecule has 0 aromatic heterocycles.